The van der Waals surface area contributed by atoms with Crippen LogP contribution in [0.3, 0.4) is 0 Å². The van der Waals surface area contributed by atoms with Crippen molar-refractivity contribution in [3.8, 4) is 44.9 Å². The van der Waals surface area contributed by atoms with E-state index >= 15 is 0 Å². The van der Waals surface area contributed by atoms with Crippen molar-refractivity contribution in [2.45, 2.75) is 26.2 Å². The van der Waals surface area contributed by atoms with Gasteiger partial charge in [-0.05, 0) is 110 Å². The molecule has 5 heterocycles. The number of hydrogen-bond acceptors (Lipinski definition) is 0. The number of rotatable bonds is 2. The van der Waals surface area contributed by atoms with Crippen LogP contribution < -0.4 is 16.4 Å². The fourth-order valence-corrected chi connectivity index (χ4v) is 13.0. The van der Waals surface area contributed by atoms with Crippen molar-refractivity contribution < 1.29 is 0 Å². The molecule has 4 aliphatic rings. The maximum absolute atomic E-state index is 2.74. The van der Waals surface area contributed by atoms with Gasteiger partial charge in [-0.3, -0.25) is 0 Å². The Morgan fingerprint density at radius 3 is 1.97 bits per heavy atom. The van der Waals surface area contributed by atoms with E-state index in [9.17, 15) is 0 Å². The molecule has 61 heavy (non-hydrogen) atoms. The van der Waals surface area contributed by atoms with Gasteiger partial charge in [-0.25, -0.2) is 0 Å². The van der Waals surface area contributed by atoms with Crippen molar-refractivity contribution in [3.63, 3.8) is 0 Å². The third kappa shape index (κ3) is 3.56. The number of aromatic nitrogens is 2. The first-order valence-electron chi connectivity index (χ1n) is 21.7. The number of nitrogens with zero attached hydrogens (tertiary/aromatic N) is 2. The Morgan fingerprint density at radius 2 is 1.13 bits per heavy atom. The van der Waals surface area contributed by atoms with Crippen LogP contribution in [0.4, 0.5) is 0 Å². The van der Waals surface area contributed by atoms with Gasteiger partial charge < -0.3 is 9.13 Å². The zero-order chi connectivity index (χ0) is 40.0. The van der Waals surface area contributed by atoms with Gasteiger partial charge in [0.1, 0.15) is 0 Å². The molecule has 0 fully saturated rings. The fraction of sp³-hybridized carbons (Fsp3) is 0.0690. The average Bonchev–Trinajstić information content (AvgIpc) is 3.95. The van der Waals surface area contributed by atoms with Crippen molar-refractivity contribution >= 4 is 66.6 Å². The number of aryl methyl sites for hydroxylation is 3. The molecule has 1 aliphatic carbocycles. The Morgan fingerprint density at radius 1 is 0.459 bits per heavy atom. The molecule has 0 N–H and O–H groups in total. The molecule has 0 amide bonds. The Labute approximate surface area is 354 Å². The number of fused-ring (bicyclic) bond motifs is 13. The summed E-state index contributed by atoms with van der Waals surface area (Å²) in [4.78, 5) is 0. The zero-order valence-corrected chi connectivity index (χ0v) is 34.1. The lowest BCUT2D eigenvalue weighted by atomic mass is 9.33. The first-order valence-corrected chi connectivity index (χ1v) is 21.7. The average molecular weight is 773 g/mol. The predicted molar refractivity (Wildman–Crippen MR) is 256 cm³/mol. The van der Waals surface area contributed by atoms with Crippen LogP contribution in [0.5, 0.6) is 0 Å². The summed E-state index contributed by atoms with van der Waals surface area (Å²) in [5, 5.41) is 6.70. The van der Waals surface area contributed by atoms with Crippen molar-refractivity contribution in [1.82, 2.24) is 9.13 Å². The molecule has 0 saturated carbocycles. The summed E-state index contributed by atoms with van der Waals surface area (Å²) in [6.07, 6.45) is 0. The molecule has 9 aromatic carbocycles. The SMILES string of the molecule is Cc1ccc2c(c1)C1(c3ccccc3-2)c2ccc3c4c2-n2c5c(ccc(C)c5c5c(C)ccc1c52)B4c1cc2ccccc2c2c(-c4ccccc4)c(-c4ccccc4)n-3c12. The normalized spacial score (nSPS) is 15.8. The Bertz CT molecular complexity index is 3850. The van der Waals surface area contributed by atoms with Crippen LogP contribution in [-0.2, 0) is 5.41 Å². The van der Waals surface area contributed by atoms with Gasteiger partial charge in [-0.2, -0.15) is 0 Å². The van der Waals surface area contributed by atoms with Crippen LogP contribution in [0, 0.1) is 20.8 Å². The van der Waals surface area contributed by atoms with Gasteiger partial charge in [0, 0.05) is 38.6 Å². The second-order valence-electron chi connectivity index (χ2n) is 18.1. The molecular formula is C58H37BN2. The minimum Gasteiger partial charge on any atom is -0.310 e. The fourth-order valence-electron chi connectivity index (χ4n) is 13.0. The number of hydrogen-bond donors (Lipinski definition) is 0. The molecule has 15 rings (SSSR count). The molecule has 282 valence electrons. The standard InChI is InChI=1S/C58H37BN2/c1-32-22-25-40-39-20-12-13-21-41(39)58(44(40)30-32)42-26-23-33(2)48-49-34(3)24-28-45-56(49)61(54(42)48)55-43(58)27-29-47-52(55)59(45)46-31-37-18-10-11-19-38(37)51-50(35-14-6-4-7-15-35)53(60(47)57(46)51)36-16-8-5-9-17-36/h4-31H,1-3H3. The highest BCUT2D eigenvalue weighted by Crippen LogP contribution is 2.62. The van der Waals surface area contributed by atoms with Crippen LogP contribution in [0.25, 0.3) is 88.4 Å². The lowest BCUT2D eigenvalue weighted by molar-refractivity contribution is 0.748. The quantitative estimate of drug-likeness (QED) is 0.155. The Hall–Kier alpha value is -7.36. The van der Waals surface area contributed by atoms with E-state index in [2.05, 4.69) is 200 Å². The molecule has 1 atom stereocenters. The van der Waals surface area contributed by atoms with Crippen LogP contribution in [0.1, 0.15) is 38.9 Å². The smallest absolute Gasteiger partial charge is 0.252 e. The van der Waals surface area contributed by atoms with Gasteiger partial charge >= 0.3 is 0 Å². The predicted octanol–water partition coefficient (Wildman–Crippen LogP) is 12.0. The van der Waals surface area contributed by atoms with Gasteiger partial charge in [0.15, 0.2) is 0 Å². The third-order valence-corrected chi connectivity index (χ3v) is 15.2. The minimum atomic E-state index is -0.498. The van der Waals surface area contributed by atoms with E-state index in [-0.39, 0.29) is 6.71 Å². The lowest BCUT2D eigenvalue weighted by Gasteiger charge is -2.44. The highest BCUT2D eigenvalue weighted by Gasteiger charge is 2.54. The molecular weight excluding hydrogens is 735 g/mol. The largest absolute Gasteiger partial charge is 0.310 e. The van der Waals surface area contributed by atoms with E-state index in [0.29, 0.717) is 0 Å². The molecule has 0 radical (unpaired) electrons. The Kier molecular flexibility index (Phi) is 5.79. The van der Waals surface area contributed by atoms with Crippen LogP contribution in [0.15, 0.2) is 170 Å². The van der Waals surface area contributed by atoms with Crippen LogP contribution in [-0.4, -0.2) is 15.8 Å². The van der Waals surface area contributed by atoms with Gasteiger partial charge in [-0.1, -0.05) is 169 Å². The van der Waals surface area contributed by atoms with Crippen molar-refractivity contribution in [2.24, 2.45) is 0 Å². The van der Waals surface area contributed by atoms with Gasteiger partial charge in [0.2, 0.25) is 0 Å². The first-order chi connectivity index (χ1) is 30.1. The van der Waals surface area contributed by atoms with Crippen molar-refractivity contribution in [2.75, 3.05) is 0 Å². The summed E-state index contributed by atoms with van der Waals surface area (Å²) in [5.41, 5.74) is 27.6. The number of benzene rings is 9. The highest BCUT2D eigenvalue weighted by molar-refractivity contribution is 7.00. The second kappa shape index (κ2) is 10.9. The molecule has 2 aromatic heterocycles. The summed E-state index contributed by atoms with van der Waals surface area (Å²) >= 11 is 0. The topological polar surface area (TPSA) is 9.86 Å². The van der Waals surface area contributed by atoms with E-state index in [4.69, 9.17) is 0 Å². The van der Waals surface area contributed by atoms with Gasteiger partial charge in [0.05, 0.1) is 22.1 Å². The molecule has 11 aromatic rings. The monoisotopic (exact) mass is 772 g/mol. The summed E-state index contributed by atoms with van der Waals surface area (Å²) in [7, 11) is 0. The maximum atomic E-state index is 2.74. The molecule has 1 spiro atoms. The lowest BCUT2D eigenvalue weighted by Crippen LogP contribution is -2.60. The van der Waals surface area contributed by atoms with E-state index in [1.807, 2.05) is 0 Å². The molecule has 3 heteroatoms. The van der Waals surface area contributed by atoms with E-state index in [1.165, 1.54) is 144 Å². The summed E-state index contributed by atoms with van der Waals surface area (Å²) in [6, 6.07) is 65.2. The minimum absolute atomic E-state index is 0.0270. The van der Waals surface area contributed by atoms with Crippen LogP contribution in [0.2, 0.25) is 0 Å². The summed E-state index contributed by atoms with van der Waals surface area (Å²) < 4.78 is 5.42. The van der Waals surface area contributed by atoms with Gasteiger partial charge in [-0.15, -0.1) is 0 Å². The second-order valence-corrected chi connectivity index (χ2v) is 18.1. The molecule has 3 aliphatic heterocycles. The van der Waals surface area contributed by atoms with Crippen LogP contribution >= 0.6 is 0 Å². The van der Waals surface area contributed by atoms with Crippen molar-refractivity contribution in [1.29, 1.82) is 0 Å². The molecule has 0 saturated heterocycles. The maximum Gasteiger partial charge on any atom is 0.252 e. The van der Waals surface area contributed by atoms with Gasteiger partial charge in [0.25, 0.3) is 6.71 Å². The molecule has 0 bridgehead atoms. The van der Waals surface area contributed by atoms with E-state index < -0.39 is 5.41 Å². The summed E-state index contributed by atoms with van der Waals surface area (Å²) in [6.45, 7) is 6.95. The third-order valence-electron chi connectivity index (χ3n) is 15.2. The van der Waals surface area contributed by atoms with E-state index in [1.54, 1.807) is 0 Å². The van der Waals surface area contributed by atoms with E-state index in [0.717, 1.165) is 0 Å². The zero-order valence-electron chi connectivity index (χ0n) is 34.1. The highest BCUT2D eigenvalue weighted by atomic mass is 15.1. The molecule has 1 unspecified atom stereocenters. The first kappa shape index (κ1) is 32.5. The van der Waals surface area contributed by atoms with Crippen molar-refractivity contribution in [3.05, 3.63) is 209 Å². The molecule has 2 nitrogen and oxygen atoms in total. The Balaban J connectivity index is 1.23. The summed E-state index contributed by atoms with van der Waals surface area (Å²) in [5.74, 6) is 0.